The van der Waals surface area contributed by atoms with Crippen LogP contribution in [0, 0.1) is 17.3 Å². The molecule has 2 saturated heterocycles. The molecule has 0 amide bonds. The molecule has 0 aromatic heterocycles. The second kappa shape index (κ2) is 3.96. The number of hydrogen-bond donors (Lipinski definition) is 1. The van der Waals surface area contributed by atoms with Gasteiger partial charge in [-0.1, -0.05) is 20.8 Å². The van der Waals surface area contributed by atoms with Crippen molar-refractivity contribution in [1.29, 1.82) is 0 Å². The fourth-order valence-corrected chi connectivity index (χ4v) is 4.79. The zero-order valence-corrected chi connectivity index (χ0v) is 11.2. The van der Waals surface area contributed by atoms with Crippen molar-refractivity contribution in [2.24, 2.45) is 17.3 Å². The third kappa shape index (κ3) is 2.57. The molecule has 2 heterocycles. The van der Waals surface area contributed by atoms with E-state index in [0.29, 0.717) is 11.8 Å². The topological polar surface area (TPSA) is 49.4 Å². The van der Waals surface area contributed by atoms with Gasteiger partial charge in [-0.2, -0.15) is 0 Å². The van der Waals surface area contributed by atoms with Crippen LogP contribution in [0.3, 0.4) is 0 Å². The molecular formula is C11H22N2O2S. The normalized spacial score (nSPS) is 31.9. The highest BCUT2D eigenvalue weighted by Crippen LogP contribution is 2.30. The number of nitrogens with zero attached hydrogens (tertiary/aromatic N) is 1. The van der Waals surface area contributed by atoms with Gasteiger partial charge in [-0.05, 0) is 30.3 Å². The second-order valence-electron chi connectivity index (χ2n) is 6.31. The molecule has 2 fully saturated rings. The van der Waals surface area contributed by atoms with Crippen molar-refractivity contribution in [3.8, 4) is 0 Å². The smallest absolute Gasteiger partial charge is 0.214 e. The molecule has 4 nitrogen and oxygen atoms in total. The molecule has 5 heteroatoms. The quantitative estimate of drug-likeness (QED) is 0.772. The summed E-state index contributed by atoms with van der Waals surface area (Å²) >= 11 is 0. The summed E-state index contributed by atoms with van der Waals surface area (Å²) in [6.07, 6.45) is 0. The lowest BCUT2D eigenvalue weighted by Crippen LogP contribution is -2.37. The van der Waals surface area contributed by atoms with Crippen LogP contribution in [-0.2, 0) is 10.0 Å². The summed E-state index contributed by atoms with van der Waals surface area (Å²) in [5.74, 6) is 1.33. The van der Waals surface area contributed by atoms with E-state index in [1.165, 1.54) is 0 Å². The first kappa shape index (κ1) is 12.3. The van der Waals surface area contributed by atoms with Crippen LogP contribution in [-0.4, -0.2) is 44.7 Å². The van der Waals surface area contributed by atoms with Crippen molar-refractivity contribution in [2.45, 2.75) is 20.8 Å². The highest BCUT2D eigenvalue weighted by Gasteiger charge is 2.41. The Morgan fingerprint density at radius 2 is 1.69 bits per heavy atom. The number of hydrogen-bond acceptors (Lipinski definition) is 3. The Morgan fingerprint density at radius 3 is 2.12 bits per heavy atom. The molecular weight excluding hydrogens is 224 g/mol. The van der Waals surface area contributed by atoms with Crippen LogP contribution in [0.4, 0.5) is 0 Å². The van der Waals surface area contributed by atoms with Gasteiger partial charge in [0.15, 0.2) is 0 Å². The molecule has 0 aromatic rings. The van der Waals surface area contributed by atoms with E-state index in [9.17, 15) is 8.42 Å². The molecule has 2 rings (SSSR count). The minimum Gasteiger partial charge on any atom is -0.316 e. The first-order valence-electron chi connectivity index (χ1n) is 5.96. The van der Waals surface area contributed by atoms with Crippen molar-refractivity contribution >= 4 is 10.0 Å². The maximum Gasteiger partial charge on any atom is 0.214 e. The van der Waals surface area contributed by atoms with Crippen LogP contribution in [0.2, 0.25) is 0 Å². The minimum absolute atomic E-state index is 0.158. The molecule has 0 unspecified atom stereocenters. The summed E-state index contributed by atoms with van der Waals surface area (Å²) in [4.78, 5) is 0. The van der Waals surface area contributed by atoms with E-state index in [1.807, 2.05) is 20.8 Å². The Balaban J connectivity index is 2.03. The highest BCUT2D eigenvalue weighted by molar-refractivity contribution is 7.89. The van der Waals surface area contributed by atoms with Gasteiger partial charge in [0, 0.05) is 13.1 Å². The molecule has 1 N–H and O–H groups in total. The second-order valence-corrected chi connectivity index (χ2v) is 8.28. The molecule has 2 aliphatic rings. The van der Waals surface area contributed by atoms with E-state index in [4.69, 9.17) is 0 Å². The monoisotopic (exact) mass is 246 g/mol. The Bertz CT molecular complexity index is 347. The van der Waals surface area contributed by atoms with Gasteiger partial charge in [-0.3, -0.25) is 0 Å². The Labute approximate surface area is 98.4 Å². The molecule has 0 spiro atoms. The van der Waals surface area contributed by atoms with Gasteiger partial charge in [0.1, 0.15) is 0 Å². The van der Waals surface area contributed by atoms with Crippen LogP contribution < -0.4 is 5.32 Å². The molecule has 0 saturated carbocycles. The molecule has 0 aromatic carbocycles. The lowest BCUT2D eigenvalue weighted by Gasteiger charge is -2.24. The minimum atomic E-state index is -3.05. The number of nitrogens with one attached hydrogen (secondary N) is 1. The van der Waals surface area contributed by atoms with Gasteiger partial charge in [-0.25, -0.2) is 12.7 Å². The third-order valence-electron chi connectivity index (χ3n) is 3.36. The van der Waals surface area contributed by atoms with E-state index in [2.05, 4.69) is 5.32 Å². The molecule has 16 heavy (non-hydrogen) atoms. The maximum absolute atomic E-state index is 12.2. The van der Waals surface area contributed by atoms with Crippen molar-refractivity contribution in [1.82, 2.24) is 9.62 Å². The number of rotatable bonds is 2. The van der Waals surface area contributed by atoms with Gasteiger partial charge in [-0.15, -0.1) is 0 Å². The van der Waals surface area contributed by atoms with E-state index in [-0.39, 0.29) is 11.2 Å². The summed E-state index contributed by atoms with van der Waals surface area (Å²) in [5, 5.41) is 3.32. The van der Waals surface area contributed by atoms with Crippen LogP contribution in [0.15, 0.2) is 0 Å². The van der Waals surface area contributed by atoms with Crippen LogP contribution in [0.25, 0.3) is 0 Å². The SMILES string of the molecule is CC(C)(C)CS(=O)(=O)N1C[C@H]2CNC[C@H]2C1. The van der Waals surface area contributed by atoms with Crippen molar-refractivity contribution < 1.29 is 8.42 Å². The Hall–Kier alpha value is -0.130. The Morgan fingerprint density at radius 1 is 1.19 bits per heavy atom. The molecule has 94 valence electrons. The average molecular weight is 246 g/mol. The van der Waals surface area contributed by atoms with Crippen molar-refractivity contribution in [3.63, 3.8) is 0 Å². The summed E-state index contributed by atoms with van der Waals surface area (Å²) < 4.78 is 26.1. The van der Waals surface area contributed by atoms with E-state index in [0.717, 1.165) is 26.2 Å². The van der Waals surface area contributed by atoms with Crippen molar-refractivity contribution in [2.75, 3.05) is 31.9 Å². The molecule has 2 atom stereocenters. The highest BCUT2D eigenvalue weighted by atomic mass is 32.2. The zero-order valence-electron chi connectivity index (χ0n) is 10.4. The fraction of sp³-hybridized carbons (Fsp3) is 1.00. The summed E-state index contributed by atoms with van der Waals surface area (Å²) in [6, 6.07) is 0. The lowest BCUT2D eigenvalue weighted by atomic mass is 10.0. The van der Waals surface area contributed by atoms with Gasteiger partial charge in [0.25, 0.3) is 0 Å². The van der Waals surface area contributed by atoms with Gasteiger partial charge in [0.05, 0.1) is 5.75 Å². The van der Waals surface area contributed by atoms with E-state index >= 15 is 0 Å². The van der Waals surface area contributed by atoms with Gasteiger partial charge < -0.3 is 5.32 Å². The van der Waals surface area contributed by atoms with Gasteiger partial charge >= 0.3 is 0 Å². The first-order chi connectivity index (χ1) is 7.28. The summed E-state index contributed by atoms with van der Waals surface area (Å²) in [5.41, 5.74) is -0.158. The third-order valence-corrected chi connectivity index (χ3v) is 5.68. The summed E-state index contributed by atoms with van der Waals surface area (Å²) in [6.45, 7) is 9.32. The molecule has 0 bridgehead atoms. The predicted molar refractivity (Wildman–Crippen MR) is 64.7 cm³/mol. The van der Waals surface area contributed by atoms with Crippen LogP contribution in [0.1, 0.15) is 20.8 Å². The Kier molecular flexibility index (Phi) is 3.05. The van der Waals surface area contributed by atoms with Gasteiger partial charge in [0.2, 0.25) is 10.0 Å². The largest absolute Gasteiger partial charge is 0.316 e. The summed E-state index contributed by atoms with van der Waals surface area (Å²) in [7, 11) is -3.05. The number of fused-ring (bicyclic) bond motifs is 1. The standard InChI is InChI=1S/C11H22N2O2S/c1-11(2,3)8-16(14,15)13-6-9-4-12-5-10(9)7-13/h9-10,12H,4-8H2,1-3H3/t9-,10+. The van der Waals surface area contributed by atoms with E-state index in [1.54, 1.807) is 4.31 Å². The lowest BCUT2D eigenvalue weighted by molar-refractivity contribution is 0.411. The molecule has 2 aliphatic heterocycles. The molecule has 0 radical (unpaired) electrons. The average Bonchev–Trinajstić information content (AvgIpc) is 2.54. The predicted octanol–water partition coefficient (Wildman–Crippen LogP) is 0.514. The fourth-order valence-electron chi connectivity index (χ4n) is 2.68. The molecule has 0 aliphatic carbocycles. The van der Waals surface area contributed by atoms with E-state index < -0.39 is 10.0 Å². The van der Waals surface area contributed by atoms with Crippen LogP contribution in [0.5, 0.6) is 0 Å². The maximum atomic E-state index is 12.2. The van der Waals surface area contributed by atoms with Crippen molar-refractivity contribution in [3.05, 3.63) is 0 Å². The number of sulfonamides is 1. The van der Waals surface area contributed by atoms with Crippen LogP contribution >= 0.6 is 0 Å². The zero-order chi connectivity index (χ0) is 12.0. The first-order valence-corrected chi connectivity index (χ1v) is 7.57.